The molecule has 4 heteroatoms. The van der Waals surface area contributed by atoms with Crippen LogP contribution in [0.25, 0.3) is 0 Å². The molecule has 3 nitrogen and oxygen atoms in total. The van der Waals surface area contributed by atoms with Crippen LogP contribution in [0, 0.1) is 5.92 Å². The van der Waals surface area contributed by atoms with Gasteiger partial charge in [-0.25, -0.2) is 0 Å². The zero-order chi connectivity index (χ0) is 11.5. The van der Waals surface area contributed by atoms with Crippen LogP contribution < -0.4 is 5.73 Å². The van der Waals surface area contributed by atoms with Crippen molar-refractivity contribution in [3.8, 4) is 0 Å². The molecule has 1 rings (SSSR count). The second-order valence-corrected chi connectivity index (χ2v) is 5.06. The van der Waals surface area contributed by atoms with E-state index in [0.717, 1.165) is 38.6 Å². The number of carbonyl (C=O) groups excluding carboxylic acids is 1. The third-order valence-corrected chi connectivity index (χ3v) is 3.55. The summed E-state index contributed by atoms with van der Waals surface area (Å²) in [6, 6.07) is 0. The van der Waals surface area contributed by atoms with Crippen LogP contribution in [0.3, 0.4) is 0 Å². The zero-order valence-corrected chi connectivity index (χ0v) is 11.5. The number of hydrogen-bond acceptors (Lipinski definition) is 2. The van der Waals surface area contributed by atoms with Crippen molar-refractivity contribution >= 4 is 18.3 Å². The Kier molecular flexibility index (Phi) is 6.34. The van der Waals surface area contributed by atoms with Gasteiger partial charge in [0.2, 0.25) is 5.91 Å². The van der Waals surface area contributed by atoms with Gasteiger partial charge in [-0.1, -0.05) is 33.1 Å². The van der Waals surface area contributed by atoms with E-state index < -0.39 is 5.54 Å². The van der Waals surface area contributed by atoms with E-state index in [2.05, 4.69) is 13.8 Å². The third-order valence-electron chi connectivity index (χ3n) is 3.55. The lowest BCUT2D eigenvalue weighted by Gasteiger charge is -2.30. The smallest absolute Gasteiger partial charge is 0.242 e. The van der Waals surface area contributed by atoms with E-state index in [-0.39, 0.29) is 18.3 Å². The van der Waals surface area contributed by atoms with Crippen molar-refractivity contribution in [1.82, 2.24) is 4.90 Å². The standard InChI is InChI=1S/C12H24N2O.ClH/c1-4-10(2)9-14(3)11(15)12(13)7-5-6-8-12;/h10H,4-9,13H2,1-3H3;1H. The van der Waals surface area contributed by atoms with Gasteiger partial charge in [0, 0.05) is 13.6 Å². The van der Waals surface area contributed by atoms with E-state index in [4.69, 9.17) is 5.73 Å². The molecule has 1 saturated carbocycles. The molecule has 0 spiro atoms. The van der Waals surface area contributed by atoms with E-state index in [0.29, 0.717) is 5.92 Å². The molecule has 1 aliphatic carbocycles. The first-order chi connectivity index (χ1) is 6.99. The van der Waals surface area contributed by atoms with Crippen LogP contribution in [-0.4, -0.2) is 29.9 Å². The summed E-state index contributed by atoms with van der Waals surface area (Å²) in [5.74, 6) is 0.698. The second-order valence-electron chi connectivity index (χ2n) is 5.06. The number of amides is 1. The summed E-state index contributed by atoms with van der Waals surface area (Å²) >= 11 is 0. The topological polar surface area (TPSA) is 46.3 Å². The zero-order valence-electron chi connectivity index (χ0n) is 10.7. The van der Waals surface area contributed by atoms with Crippen LogP contribution in [0.2, 0.25) is 0 Å². The Hall–Kier alpha value is -0.280. The highest BCUT2D eigenvalue weighted by atomic mass is 35.5. The first-order valence-corrected chi connectivity index (χ1v) is 6.04. The Morgan fingerprint density at radius 1 is 1.44 bits per heavy atom. The summed E-state index contributed by atoms with van der Waals surface area (Å²) in [5, 5.41) is 0. The lowest BCUT2D eigenvalue weighted by molar-refractivity contribution is -0.136. The average molecular weight is 249 g/mol. The SMILES string of the molecule is CCC(C)CN(C)C(=O)C1(N)CCCC1.Cl. The Balaban J connectivity index is 0.00000225. The minimum atomic E-state index is -0.553. The molecule has 1 aliphatic rings. The fourth-order valence-electron chi connectivity index (χ4n) is 2.28. The second kappa shape index (κ2) is 6.45. The molecule has 0 aliphatic heterocycles. The third kappa shape index (κ3) is 3.63. The van der Waals surface area contributed by atoms with Crippen molar-refractivity contribution in [3.05, 3.63) is 0 Å². The fourth-order valence-corrected chi connectivity index (χ4v) is 2.28. The molecule has 1 unspecified atom stereocenters. The van der Waals surface area contributed by atoms with Crippen LogP contribution in [-0.2, 0) is 4.79 Å². The van der Waals surface area contributed by atoms with Crippen molar-refractivity contribution in [1.29, 1.82) is 0 Å². The molecule has 0 aromatic heterocycles. The van der Waals surface area contributed by atoms with Crippen LogP contribution in [0.15, 0.2) is 0 Å². The van der Waals surface area contributed by atoms with Crippen molar-refractivity contribution in [3.63, 3.8) is 0 Å². The van der Waals surface area contributed by atoms with Crippen LogP contribution in [0.4, 0.5) is 0 Å². The summed E-state index contributed by atoms with van der Waals surface area (Å²) in [6.07, 6.45) is 5.02. The van der Waals surface area contributed by atoms with Crippen LogP contribution >= 0.6 is 12.4 Å². The molecular weight excluding hydrogens is 224 g/mol. The summed E-state index contributed by atoms with van der Waals surface area (Å²) in [6.45, 7) is 5.15. The molecule has 0 bridgehead atoms. The van der Waals surface area contributed by atoms with Gasteiger partial charge in [0.15, 0.2) is 0 Å². The normalized spacial score (nSPS) is 20.0. The quantitative estimate of drug-likeness (QED) is 0.829. The Labute approximate surface area is 105 Å². The average Bonchev–Trinajstić information content (AvgIpc) is 2.65. The predicted molar refractivity (Wildman–Crippen MR) is 69.7 cm³/mol. The Morgan fingerprint density at radius 2 is 1.94 bits per heavy atom. The molecule has 0 heterocycles. The number of nitrogens with two attached hydrogens (primary N) is 1. The first kappa shape index (κ1) is 15.7. The summed E-state index contributed by atoms with van der Waals surface area (Å²) < 4.78 is 0. The molecule has 1 amide bonds. The highest BCUT2D eigenvalue weighted by Gasteiger charge is 2.38. The highest BCUT2D eigenvalue weighted by Crippen LogP contribution is 2.28. The van der Waals surface area contributed by atoms with Gasteiger partial charge in [0.1, 0.15) is 0 Å². The van der Waals surface area contributed by atoms with Gasteiger partial charge in [-0.15, -0.1) is 12.4 Å². The predicted octanol–water partition coefficient (Wildman–Crippen LogP) is 2.18. The van der Waals surface area contributed by atoms with Gasteiger partial charge in [-0.2, -0.15) is 0 Å². The molecule has 0 radical (unpaired) electrons. The molecule has 96 valence electrons. The summed E-state index contributed by atoms with van der Waals surface area (Å²) in [7, 11) is 1.88. The molecule has 2 N–H and O–H groups in total. The van der Waals surface area contributed by atoms with Gasteiger partial charge in [0.25, 0.3) is 0 Å². The molecule has 1 fully saturated rings. The number of halogens is 1. The number of rotatable bonds is 4. The Morgan fingerprint density at radius 3 is 2.38 bits per heavy atom. The molecule has 0 aromatic carbocycles. The summed E-state index contributed by atoms with van der Waals surface area (Å²) in [5.41, 5.74) is 5.58. The molecule has 16 heavy (non-hydrogen) atoms. The monoisotopic (exact) mass is 248 g/mol. The van der Waals surface area contributed by atoms with E-state index in [1.165, 1.54) is 0 Å². The highest BCUT2D eigenvalue weighted by molar-refractivity contribution is 5.86. The van der Waals surface area contributed by atoms with Crippen molar-refractivity contribution in [2.75, 3.05) is 13.6 Å². The molecular formula is C12H25ClN2O. The molecule has 0 aromatic rings. The van der Waals surface area contributed by atoms with Gasteiger partial charge in [-0.05, 0) is 18.8 Å². The maximum absolute atomic E-state index is 12.1. The van der Waals surface area contributed by atoms with Crippen molar-refractivity contribution in [2.24, 2.45) is 11.7 Å². The van der Waals surface area contributed by atoms with Gasteiger partial charge < -0.3 is 10.6 Å². The minimum Gasteiger partial charge on any atom is -0.344 e. The van der Waals surface area contributed by atoms with Crippen molar-refractivity contribution < 1.29 is 4.79 Å². The van der Waals surface area contributed by atoms with E-state index in [1.54, 1.807) is 0 Å². The minimum absolute atomic E-state index is 0. The largest absolute Gasteiger partial charge is 0.344 e. The number of nitrogens with zero attached hydrogens (tertiary/aromatic N) is 1. The fraction of sp³-hybridized carbons (Fsp3) is 0.917. The van der Waals surface area contributed by atoms with Gasteiger partial charge >= 0.3 is 0 Å². The van der Waals surface area contributed by atoms with Crippen molar-refractivity contribution in [2.45, 2.75) is 51.5 Å². The van der Waals surface area contributed by atoms with E-state index in [1.807, 2.05) is 11.9 Å². The first-order valence-electron chi connectivity index (χ1n) is 6.04. The van der Waals surface area contributed by atoms with E-state index in [9.17, 15) is 4.79 Å². The molecule has 0 saturated heterocycles. The number of hydrogen-bond donors (Lipinski definition) is 1. The maximum atomic E-state index is 12.1. The summed E-state index contributed by atoms with van der Waals surface area (Å²) in [4.78, 5) is 13.9. The lowest BCUT2D eigenvalue weighted by atomic mass is 9.96. The van der Waals surface area contributed by atoms with Gasteiger partial charge in [-0.3, -0.25) is 4.79 Å². The molecule has 1 atom stereocenters. The Bertz CT molecular complexity index is 227. The van der Waals surface area contributed by atoms with Gasteiger partial charge in [0.05, 0.1) is 5.54 Å². The lowest BCUT2D eigenvalue weighted by Crippen LogP contribution is -2.53. The van der Waals surface area contributed by atoms with Crippen LogP contribution in [0.1, 0.15) is 46.0 Å². The number of likely N-dealkylation sites (N-methyl/N-ethyl adjacent to an activating group) is 1. The van der Waals surface area contributed by atoms with Crippen LogP contribution in [0.5, 0.6) is 0 Å². The number of carbonyl (C=O) groups is 1. The maximum Gasteiger partial charge on any atom is 0.242 e. The van der Waals surface area contributed by atoms with E-state index >= 15 is 0 Å².